The summed E-state index contributed by atoms with van der Waals surface area (Å²) in [6.07, 6.45) is 6.42. The van der Waals surface area contributed by atoms with Crippen LogP contribution in [0.15, 0.2) is 18.5 Å². The van der Waals surface area contributed by atoms with Crippen molar-refractivity contribution in [1.82, 2.24) is 4.98 Å². The SMILES string of the molecule is CCOc1cncc(C2(O)CCC(C)CC2C)c1. The van der Waals surface area contributed by atoms with Crippen molar-refractivity contribution in [2.75, 3.05) is 6.61 Å². The lowest BCUT2D eigenvalue weighted by Crippen LogP contribution is -2.38. The van der Waals surface area contributed by atoms with Crippen LogP contribution in [-0.2, 0) is 5.60 Å². The minimum Gasteiger partial charge on any atom is -0.492 e. The summed E-state index contributed by atoms with van der Waals surface area (Å²) < 4.78 is 5.47. The van der Waals surface area contributed by atoms with Crippen molar-refractivity contribution in [3.63, 3.8) is 0 Å². The molecule has 0 bridgehead atoms. The Morgan fingerprint density at radius 3 is 2.89 bits per heavy atom. The molecule has 0 amide bonds. The number of aromatic nitrogens is 1. The zero-order valence-electron chi connectivity index (χ0n) is 11.5. The van der Waals surface area contributed by atoms with Crippen LogP contribution in [0.4, 0.5) is 0 Å². The average molecular weight is 249 g/mol. The van der Waals surface area contributed by atoms with Crippen LogP contribution >= 0.6 is 0 Å². The Kier molecular flexibility index (Phi) is 3.91. The molecule has 1 heterocycles. The zero-order valence-corrected chi connectivity index (χ0v) is 11.5. The summed E-state index contributed by atoms with van der Waals surface area (Å²) in [7, 11) is 0. The first-order chi connectivity index (χ1) is 8.56. The van der Waals surface area contributed by atoms with Gasteiger partial charge in [-0.1, -0.05) is 13.8 Å². The normalized spacial score (nSPS) is 32.2. The third-order valence-corrected chi connectivity index (χ3v) is 4.11. The molecule has 2 rings (SSSR count). The molecule has 1 aromatic rings. The minimum atomic E-state index is -0.743. The third kappa shape index (κ3) is 2.51. The van der Waals surface area contributed by atoms with Gasteiger partial charge in [-0.25, -0.2) is 0 Å². The van der Waals surface area contributed by atoms with Crippen LogP contribution in [0, 0.1) is 11.8 Å². The van der Waals surface area contributed by atoms with E-state index in [0.29, 0.717) is 12.5 Å². The number of rotatable bonds is 3. The predicted octanol–water partition coefficient (Wildman–Crippen LogP) is 3.12. The second-order valence-corrected chi connectivity index (χ2v) is 5.55. The van der Waals surface area contributed by atoms with E-state index >= 15 is 0 Å². The lowest BCUT2D eigenvalue weighted by molar-refractivity contribution is -0.0591. The molecule has 0 radical (unpaired) electrons. The molecular formula is C15H23NO2. The van der Waals surface area contributed by atoms with E-state index in [1.165, 1.54) is 0 Å². The van der Waals surface area contributed by atoms with Crippen molar-refractivity contribution in [2.24, 2.45) is 11.8 Å². The van der Waals surface area contributed by atoms with Gasteiger partial charge in [-0.05, 0) is 44.1 Å². The van der Waals surface area contributed by atoms with Crippen molar-refractivity contribution in [2.45, 2.75) is 45.6 Å². The van der Waals surface area contributed by atoms with Gasteiger partial charge in [0, 0.05) is 11.8 Å². The molecule has 0 aliphatic heterocycles. The molecule has 1 N–H and O–H groups in total. The maximum atomic E-state index is 10.9. The van der Waals surface area contributed by atoms with Gasteiger partial charge in [0.25, 0.3) is 0 Å². The third-order valence-electron chi connectivity index (χ3n) is 4.11. The van der Waals surface area contributed by atoms with E-state index in [4.69, 9.17) is 4.74 Å². The molecule has 18 heavy (non-hydrogen) atoms. The van der Waals surface area contributed by atoms with E-state index in [0.717, 1.165) is 30.6 Å². The fraction of sp³-hybridized carbons (Fsp3) is 0.667. The molecule has 100 valence electrons. The molecule has 1 saturated carbocycles. The molecule has 1 aromatic heterocycles. The Morgan fingerprint density at radius 1 is 1.44 bits per heavy atom. The van der Waals surface area contributed by atoms with Crippen molar-refractivity contribution in [3.8, 4) is 5.75 Å². The monoisotopic (exact) mass is 249 g/mol. The largest absolute Gasteiger partial charge is 0.492 e. The van der Waals surface area contributed by atoms with Gasteiger partial charge in [-0.15, -0.1) is 0 Å². The van der Waals surface area contributed by atoms with Gasteiger partial charge in [0.2, 0.25) is 0 Å². The number of nitrogens with zero attached hydrogens (tertiary/aromatic N) is 1. The van der Waals surface area contributed by atoms with E-state index < -0.39 is 5.60 Å². The molecule has 3 nitrogen and oxygen atoms in total. The number of ether oxygens (including phenoxy) is 1. The highest BCUT2D eigenvalue weighted by atomic mass is 16.5. The Bertz CT molecular complexity index is 407. The Balaban J connectivity index is 2.26. The second-order valence-electron chi connectivity index (χ2n) is 5.55. The van der Waals surface area contributed by atoms with E-state index in [-0.39, 0.29) is 5.92 Å². The van der Waals surface area contributed by atoms with Gasteiger partial charge in [-0.2, -0.15) is 0 Å². The molecule has 1 aliphatic rings. The molecule has 3 atom stereocenters. The van der Waals surface area contributed by atoms with Crippen molar-refractivity contribution in [1.29, 1.82) is 0 Å². The smallest absolute Gasteiger partial charge is 0.137 e. The highest BCUT2D eigenvalue weighted by molar-refractivity contribution is 5.29. The van der Waals surface area contributed by atoms with Gasteiger partial charge < -0.3 is 9.84 Å². The van der Waals surface area contributed by atoms with Crippen LogP contribution < -0.4 is 4.74 Å². The van der Waals surface area contributed by atoms with Crippen LogP contribution in [-0.4, -0.2) is 16.7 Å². The van der Waals surface area contributed by atoms with Gasteiger partial charge in [0.1, 0.15) is 5.75 Å². The van der Waals surface area contributed by atoms with Crippen molar-refractivity contribution in [3.05, 3.63) is 24.0 Å². The van der Waals surface area contributed by atoms with E-state index in [1.54, 1.807) is 12.4 Å². The first-order valence-electron chi connectivity index (χ1n) is 6.87. The summed E-state index contributed by atoms with van der Waals surface area (Å²) in [4.78, 5) is 4.19. The van der Waals surface area contributed by atoms with E-state index in [1.807, 2.05) is 13.0 Å². The van der Waals surface area contributed by atoms with Crippen molar-refractivity contribution >= 4 is 0 Å². The molecule has 0 saturated heterocycles. The summed E-state index contributed by atoms with van der Waals surface area (Å²) in [6, 6.07) is 1.93. The summed E-state index contributed by atoms with van der Waals surface area (Å²) >= 11 is 0. The predicted molar refractivity (Wildman–Crippen MR) is 71.5 cm³/mol. The summed E-state index contributed by atoms with van der Waals surface area (Å²) in [5.74, 6) is 1.71. The summed E-state index contributed by atoms with van der Waals surface area (Å²) in [5.41, 5.74) is 0.153. The van der Waals surface area contributed by atoms with Crippen LogP contribution in [0.25, 0.3) is 0 Å². The second kappa shape index (κ2) is 5.27. The molecule has 1 aliphatic carbocycles. The topological polar surface area (TPSA) is 42.4 Å². The quantitative estimate of drug-likeness (QED) is 0.895. The average Bonchev–Trinajstić information content (AvgIpc) is 2.35. The maximum Gasteiger partial charge on any atom is 0.137 e. The molecular weight excluding hydrogens is 226 g/mol. The maximum absolute atomic E-state index is 10.9. The lowest BCUT2D eigenvalue weighted by Gasteiger charge is -2.41. The molecule has 3 heteroatoms. The highest BCUT2D eigenvalue weighted by Gasteiger charge is 2.40. The van der Waals surface area contributed by atoms with Gasteiger partial charge in [-0.3, -0.25) is 4.98 Å². The minimum absolute atomic E-state index is 0.264. The zero-order chi connectivity index (χ0) is 13.2. The number of hydrogen-bond acceptors (Lipinski definition) is 3. The standard InChI is InChI=1S/C15H23NO2/c1-4-18-14-8-13(9-16-10-14)15(17)6-5-11(2)7-12(15)3/h8-12,17H,4-7H2,1-3H3. The number of aliphatic hydroxyl groups is 1. The fourth-order valence-corrected chi connectivity index (χ4v) is 2.96. The highest BCUT2D eigenvalue weighted by Crippen LogP contribution is 2.43. The van der Waals surface area contributed by atoms with E-state index in [2.05, 4.69) is 18.8 Å². The fourth-order valence-electron chi connectivity index (χ4n) is 2.96. The van der Waals surface area contributed by atoms with Gasteiger partial charge >= 0.3 is 0 Å². The molecule has 1 fully saturated rings. The summed E-state index contributed by atoms with van der Waals surface area (Å²) in [5, 5.41) is 10.9. The Hall–Kier alpha value is -1.09. The molecule has 0 aromatic carbocycles. The van der Waals surface area contributed by atoms with Crippen LogP contribution in [0.2, 0.25) is 0 Å². The molecule has 3 unspecified atom stereocenters. The van der Waals surface area contributed by atoms with Crippen molar-refractivity contribution < 1.29 is 9.84 Å². The van der Waals surface area contributed by atoms with Crippen LogP contribution in [0.3, 0.4) is 0 Å². The number of pyridine rings is 1. The van der Waals surface area contributed by atoms with Crippen LogP contribution in [0.5, 0.6) is 5.75 Å². The van der Waals surface area contributed by atoms with Gasteiger partial charge in [0.05, 0.1) is 18.4 Å². The Labute approximate surface area is 109 Å². The lowest BCUT2D eigenvalue weighted by atomic mass is 9.69. The number of hydrogen-bond donors (Lipinski definition) is 1. The summed E-state index contributed by atoms with van der Waals surface area (Å²) in [6.45, 7) is 6.95. The van der Waals surface area contributed by atoms with Gasteiger partial charge in [0.15, 0.2) is 0 Å². The Morgan fingerprint density at radius 2 is 2.22 bits per heavy atom. The molecule has 0 spiro atoms. The first-order valence-corrected chi connectivity index (χ1v) is 6.87. The van der Waals surface area contributed by atoms with Crippen LogP contribution in [0.1, 0.15) is 45.6 Å². The van der Waals surface area contributed by atoms with E-state index in [9.17, 15) is 5.11 Å². The first kappa shape index (κ1) is 13.3.